The van der Waals surface area contributed by atoms with Crippen LogP contribution in [-0.4, -0.2) is 5.91 Å². The van der Waals surface area contributed by atoms with Crippen LogP contribution in [0.15, 0.2) is 47.1 Å². The summed E-state index contributed by atoms with van der Waals surface area (Å²) in [6.07, 6.45) is -2.22. The summed E-state index contributed by atoms with van der Waals surface area (Å²) in [7, 11) is 0. The number of nitrogens with one attached hydrogen (secondary N) is 1. The maximum absolute atomic E-state index is 12.8. The molecule has 26 heavy (non-hydrogen) atoms. The fraction of sp³-hybridized carbons (Fsp3) is 0.211. The topological polar surface area (TPSA) is 42.2 Å². The molecule has 0 aliphatic carbocycles. The summed E-state index contributed by atoms with van der Waals surface area (Å²) >= 11 is 5.91. The smallest absolute Gasteiger partial charge is 0.416 e. The third kappa shape index (κ3) is 3.85. The molecule has 0 spiro atoms. The first kappa shape index (κ1) is 18.3. The van der Waals surface area contributed by atoms with Crippen molar-refractivity contribution in [1.82, 2.24) is 0 Å². The lowest BCUT2D eigenvalue weighted by atomic mass is 10.1. The number of fused-ring (bicyclic) bond motifs is 1. The molecule has 3 rings (SSSR count). The number of anilines is 1. The molecule has 0 saturated carbocycles. The number of aryl methyl sites for hydroxylation is 1. The monoisotopic (exact) mass is 381 g/mol. The Morgan fingerprint density at radius 1 is 1.19 bits per heavy atom. The zero-order valence-corrected chi connectivity index (χ0v) is 14.5. The van der Waals surface area contributed by atoms with Crippen molar-refractivity contribution in [3.05, 3.63) is 64.4 Å². The van der Waals surface area contributed by atoms with Crippen LogP contribution in [0.1, 0.15) is 23.6 Å². The van der Waals surface area contributed by atoms with E-state index in [2.05, 4.69) is 5.32 Å². The lowest BCUT2D eigenvalue weighted by Gasteiger charge is -2.11. The molecule has 0 unspecified atom stereocenters. The Morgan fingerprint density at radius 2 is 1.96 bits per heavy atom. The third-order valence-corrected chi connectivity index (χ3v) is 4.37. The minimum atomic E-state index is -4.51. The largest absolute Gasteiger partial charge is 0.464 e. The molecule has 0 aliphatic heterocycles. The number of rotatable bonds is 4. The maximum atomic E-state index is 12.8. The number of hydrogen-bond acceptors (Lipinski definition) is 2. The zero-order chi connectivity index (χ0) is 18.9. The van der Waals surface area contributed by atoms with Crippen LogP contribution in [0.3, 0.4) is 0 Å². The molecule has 3 aromatic rings. The second kappa shape index (κ2) is 7.03. The van der Waals surface area contributed by atoms with Crippen LogP contribution in [0.2, 0.25) is 5.02 Å². The van der Waals surface area contributed by atoms with E-state index < -0.39 is 17.6 Å². The lowest BCUT2D eigenvalue weighted by molar-refractivity contribution is -0.137. The highest BCUT2D eigenvalue weighted by Crippen LogP contribution is 2.34. The molecule has 0 atom stereocenters. The van der Waals surface area contributed by atoms with Crippen LogP contribution in [-0.2, 0) is 23.8 Å². The Bertz CT molecular complexity index is 963. The van der Waals surface area contributed by atoms with Crippen LogP contribution in [0.5, 0.6) is 0 Å². The number of alkyl halides is 3. The molecule has 1 aromatic heterocycles. The van der Waals surface area contributed by atoms with Crippen molar-refractivity contribution < 1.29 is 22.4 Å². The summed E-state index contributed by atoms with van der Waals surface area (Å²) in [6, 6.07) is 8.52. The minimum absolute atomic E-state index is 0.0350. The van der Waals surface area contributed by atoms with Gasteiger partial charge in [0.25, 0.3) is 0 Å². The highest BCUT2D eigenvalue weighted by Gasteiger charge is 2.31. The van der Waals surface area contributed by atoms with Crippen LogP contribution in [0.4, 0.5) is 18.9 Å². The van der Waals surface area contributed by atoms with Gasteiger partial charge in [-0.3, -0.25) is 4.79 Å². The van der Waals surface area contributed by atoms with Crippen molar-refractivity contribution in [3.8, 4) is 0 Å². The molecule has 1 amide bonds. The summed E-state index contributed by atoms with van der Waals surface area (Å²) in [5.74, 6) is -0.476. The van der Waals surface area contributed by atoms with E-state index in [1.54, 1.807) is 0 Å². The fourth-order valence-electron chi connectivity index (χ4n) is 2.65. The number of furan rings is 1. The molecule has 0 bridgehead atoms. The first-order valence-electron chi connectivity index (χ1n) is 7.93. The standard InChI is InChI=1S/C19H15ClF3NO2/c1-2-11-3-6-17-14(7-11)12(10-26-17)8-18(25)24-16-9-13(19(21,22)23)4-5-15(16)20/h3-7,9-10H,2,8H2,1H3,(H,24,25). The van der Waals surface area contributed by atoms with Crippen molar-refractivity contribution in [2.24, 2.45) is 0 Å². The Kier molecular flexibility index (Phi) is 4.96. The van der Waals surface area contributed by atoms with Gasteiger partial charge in [0.05, 0.1) is 29.0 Å². The number of benzene rings is 2. The van der Waals surface area contributed by atoms with Crippen LogP contribution >= 0.6 is 11.6 Å². The summed E-state index contributed by atoms with van der Waals surface area (Å²) in [6.45, 7) is 2.02. The number of hydrogen-bond donors (Lipinski definition) is 1. The molecule has 1 heterocycles. The van der Waals surface area contributed by atoms with Gasteiger partial charge in [-0.05, 0) is 42.3 Å². The lowest BCUT2D eigenvalue weighted by Crippen LogP contribution is -2.15. The van der Waals surface area contributed by atoms with Crippen LogP contribution < -0.4 is 5.32 Å². The summed E-state index contributed by atoms with van der Waals surface area (Å²) < 4.78 is 43.9. The first-order chi connectivity index (χ1) is 12.3. The molecule has 0 saturated heterocycles. The molecule has 0 aliphatic rings. The van der Waals surface area contributed by atoms with Gasteiger partial charge in [-0.1, -0.05) is 24.6 Å². The summed E-state index contributed by atoms with van der Waals surface area (Å²) in [4.78, 5) is 12.3. The Labute approximate surface area is 152 Å². The van der Waals surface area contributed by atoms with Crippen LogP contribution in [0.25, 0.3) is 11.0 Å². The highest BCUT2D eigenvalue weighted by atomic mass is 35.5. The van der Waals surface area contributed by atoms with Gasteiger partial charge in [-0.2, -0.15) is 13.2 Å². The molecule has 136 valence electrons. The average molecular weight is 382 g/mol. The van der Waals surface area contributed by atoms with E-state index in [9.17, 15) is 18.0 Å². The van der Waals surface area contributed by atoms with E-state index in [0.29, 0.717) is 11.1 Å². The number of halogens is 4. The van der Waals surface area contributed by atoms with Gasteiger partial charge in [0.1, 0.15) is 5.58 Å². The summed E-state index contributed by atoms with van der Waals surface area (Å²) in [5.41, 5.74) is 1.46. The second-order valence-electron chi connectivity index (χ2n) is 5.86. The van der Waals surface area contributed by atoms with Crippen molar-refractivity contribution in [2.45, 2.75) is 25.9 Å². The minimum Gasteiger partial charge on any atom is -0.464 e. The Hall–Kier alpha value is -2.47. The molecule has 2 aromatic carbocycles. The SMILES string of the molecule is CCc1ccc2occ(CC(=O)Nc3cc(C(F)(F)F)ccc3Cl)c2c1. The van der Waals surface area contributed by atoms with Gasteiger partial charge >= 0.3 is 6.18 Å². The first-order valence-corrected chi connectivity index (χ1v) is 8.31. The Balaban J connectivity index is 1.82. The van der Waals surface area contributed by atoms with E-state index >= 15 is 0 Å². The van der Waals surface area contributed by atoms with Gasteiger partial charge < -0.3 is 9.73 Å². The van der Waals surface area contributed by atoms with Crippen molar-refractivity contribution in [1.29, 1.82) is 0 Å². The quantitative estimate of drug-likeness (QED) is 0.616. The molecule has 0 fully saturated rings. The third-order valence-electron chi connectivity index (χ3n) is 4.05. The van der Waals surface area contributed by atoms with E-state index in [4.69, 9.17) is 16.0 Å². The molecular weight excluding hydrogens is 367 g/mol. The fourth-order valence-corrected chi connectivity index (χ4v) is 2.82. The number of carbonyl (C=O) groups is 1. The molecule has 3 nitrogen and oxygen atoms in total. The van der Waals surface area contributed by atoms with E-state index in [1.165, 1.54) is 6.26 Å². The van der Waals surface area contributed by atoms with Gasteiger partial charge in [0.15, 0.2) is 0 Å². The zero-order valence-electron chi connectivity index (χ0n) is 13.8. The van der Waals surface area contributed by atoms with E-state index in [1.807, 2.05) is 25.1 Å². The van der Waals surface area contributed by atoms with Gasteiger partial charge in [-0.15, -0.1) is 0 Å². The van der Waals surface area contributed by atoms with Gasteiger partial charge in [-0.25, -0.2) is 0 Å². The second-order valence-corrected chi connectivity index (χ2v) is 6.27. The maximum Gasteiger partial charge on any atom is 0.416 e. The average Bonchev–Trinajstić information content (AvgIpc) is 2.97. The van der Waals surface area contributed by atoms with Crippen molar-refractivity contribution in [3.63, 3.8) is 0 Å². The Morgan fingerprint density at radius 3 is 2.65 bits per heavy atom. The van der Waals surface area contributed by atoms with Crippen LogP contribution in [0, 0.1) is 0 Å². The normalized spacial score (nSPS) is 11.7. The van der Waals surface area contributed by atoms with E-state index in [0.717, 1.165) is 35.6 Å². The van der Waals surface area contributed by atoms with Gasteiger partial charge in [0.2, 0.25) is 5.91 Å². The van der Waals surface area contributed by atoms with Crippen molar-refractivity contribution >= 4 is 34.2 Å². The number of amides is 1. The van der Waals surface area contributed by atoms with Crippen molar-refractivity contribution in [2.75, 3.05) is 5.32 Å². The predicted octanol–water partition coefficient (Wildman–Crippen LogP) is 5.85. The number of carbonyl (C=O) groups excluding carboxylic acids is 1. The van der Waals surface area contributed by atoms with E-state index in [-0.39, 0.29) is 17.1 Å². The molecule has 0 radical (unpaired) electrons. The highest BCUT2D eigenvalue weighted by molar-refractivity contribution is 6.33. The van der Waals surface area contributed by atoms with Gasteiger partial charge in [0, 0.05) is 10.9 Å². The molecule has 7 heteroatoms. The molecule has 1 N–H and O–H groups in total. The predicted molar refractivity (Wildman–Crippen MR) is 94.4 cm³/mol. The summed E-state index contributed by atoms with van der Waals surface area (Å²) in [5, 5.41) is 3.29. The molecular formula is C19H15ClF3NO2.